The Balaban J connectivity index is 1.65. The van der Waals surface area contributed by atoms with Crippen LogP contribution in [-0.2, 0) is 0 Å². The first-order valence-electron chi connectivity index (χ1n) is 8.91. The van der Waals surface area contributed by atoms with Crippen LogP contribution < -0.4 is 10.3 Å². The normalized spacial score (nSPS) is 11.0. The fourth-order valence-corrected chi connectivity index (χ4v) is 3.91. The van der Waals surface area contributed by atoms with Gasteiger partial charge in [0.15, 0.2) is 5.16 Å². The van der Waals surface area contributed by atoms with Crippen LogP contribution in [0.3, 0.4) is 0 Å². The second kappa shape index (κ2) is 8.68. The van der Waals surface area contributed by atoms with Crippen molar-refractivity contribution in [2.45, 2.75) is 5.16 Å². The van der Waals surface area contributed by atoms with Gasteiger partial charge >= 0.3 is 0 Å². The minimum Gasteiger partial charge on any atom is -0.493 e. The van der Waals surface area contributed by atoms with Crippen molar-refractivity contribution in [1.29, 1.82) is 0 Å². The topological polar surface area (TPSA) is 44.1 Å². The molecule has 3 aromatic carbocycles. The van der Waals surface area contributed by atoms with Crippen LogP contribution in [0.1, 0.15) is 0 Å². The predicted octanol–water partition coefficient (Wildman–Crippen LogP) is 5.35. The van der Waals surface area contributed by atoms with Crippen molar-refractivity contribution in [1.82, 2.24) is 9.55 Å². The van der Waals surface area contributed by atoms with Gasteiger partial charge in [-0.15, -0.1) is 0 Å². The van der Waals surface area contributed by atoms with Gasteiger partial charge in [-0.3, -0.25) is 9.36 Å². The Bertz CT molecular complexity index is 1230. The van der Waals surface area contributed by atoms with Gasteiger partial charge in [-0.2, -0.15) is 0 Å². The number of ether oxygens (including phenoxy) is 1. The lowest BCUT2D eigenvalue weighted by atomic mass is 10.2. The molecule has 0 atom stereocenters. The Morgan fingerprint density at radius 3 is 2.66 bits per heavy atom. The van der Waals surface area contributed by atoms with Gasteiger partial charge in [-0.1, -0.05) is 53.7 Å². The lowest BCUT2D eigenvalue weighted by Crippen LogP contribution is -2.23. The van der Waals surface area contributed by atoms with E-state index in [-0.39, 0.29) is 11.2 Å². The molecule has 4 rings (SSSR count). The summed E-state index contributed by atoms with van der Waals surface area (Å²) in [6, 6.07) is 20.4. The molecule has 0 saturated heterocycles. The maximum atomic E-state index is 14.4. The first-order valence-corrected chi connectivity index (χ1v) is 10.3. The van der Waals surface area contributed by atoms with Crippen molar-refractivity contribution >= 4 is 34.3 Å². The monoisotopic (exact) mass is 426 g/mol. The molecule has 0 bridgehead atoms. The van der Waals surface area contributed by atoms with Crippen LogP contribution in [0.2, 0.25) is 5.02 Å². The molecule has 0 aliphatic carbocycles. The van der Waals surface area contributed by atoms with Crippen LogP contribution in [0.15, 0.2) is 82.7 Å². The molecule has 0 saturated carbocycles. The maximum absolute atomic E-state index is 14.4. The Labute approximate surface area is 175 Å². The van der Waals surface area contributed by atoms with Crippen LogP contribution >= 0.6 is 23.4 Å². The third-order valence-corrected chi connectivity index (χ3v) is 5.36. The summed E-state index contributed by atoms with van der Waals surface area (Å²) in [5.41, 5.74) is 0.441. The van der Waals surface area contributed by atoms with E-state index >= 15 is 0 Å². The maximum Gasteiger partial charge on any atom is 0.266 e. The van der Waals surface area contributed by atoms with Crippen molar-refractivity contribution < 1.29 is 9.13 Å². The first kappa shape index (κ1) is 19.5. The summed E-state index contributed by atoms with van der Waals surface area (Å²) in [5.74, 6) is 0.700. The van der Waals surface area contributed by atoms with Crippen molar-refractivity contribution in [3.63, 3.8) is 0 Å². The molecule has 146 valence electrons. The summed E-state index contributed by atoms with van der Waals surface area (Å²) in [5, 5.41) is 1.45. The van der Waals surface area contributed by atoms with E-state index in [0.29, 0.717) is 39.2 Å². The van der Waals surface area contributed by atoms with Gasteiger partial charge in [0, 0.05) is 10.8 Å². The number of nitrogens with zero attached hydrogens (tertiary/aromatic N) is 2. The number of para-hydroxylation sites is 2. The summed E-state index contributed by atoms with van der Waals surface area (Å²) >= 11 is 7.29. The number of rotatable bonds is 6. The summed E-state index contributed by atoms with van der Waals surface area (Å²) in [6.07, 6.45) is 0. The van der Waals surface area contributed by atoms with Crippen molar-refractivity contribution in [3.8, 4) is 11.4 Å². The summed E-state index contributed by atoms with van der Waals surface area (Å²) in [6.45, 7) is 0.380. The van der Waals surface area contributed by atoms with Gasteiger partial charge in [0.25, 0.3) is 5.56 Å². The van der Waals surface area contributed by atoms with Gasteiger partial charge in [0.1, 0.15) is 11.6 Å². The Hall–Kier alpha value is -2.83. The highest BCUT2D eigenvalue weighted by Gasteiger charge is 2.15. The molecule has 4 nitrogen and oxygen atoms in total. The molecule has 0 aliphatic rings. The summed E-state index contributed by atoms with van der Waals surface area (Å²) in [7, 11) is 0. The highest BCUT2D eigenvalue weighted by Crippen LogP contribution is 2.23. The number of hydrogen-bond acceptors (Lipinski definition) is 4. The van der Waals surface area contributed by atoms with Gasteiger partial charge in [0.05, 0.1) is 23.2 Å². The number of halogens is 2. The quantitative estimate of drug-likeness (QED) is 0.237. The highest BCUT2D eigenvalue weighted by atomic mass is 35.5. The molecule has 4 aromatic rings. The minimum absolute atomic E-state index is 0.175. The van der Waals surface area contributed by atoms with Crippen LogP contribution in [0.5, 0.6) is 5.75 Å². The molecule has 29 heavy (non-hydrogen) atoms. The number of hydrogen-bond donors (Lipinski definition) is 0. The fraction of sp³-hybridized carbons (Fsp3) is 0.0909. The fourth-order valence-electron chi connectivity index (χ4n) is 2.90. The lowest BCUT2D eigenvalue weighted by Gasteiger charge is -2.14. The van der Waals surface area contributed by atoms with Crippen molar-refractivity contribution in [2.75, 3.05) is 12.4 Å². The zero-order chi connectivity index (χ0) is 20.2. The van der Waals surface area contributed by atoms with E-state index in [1.54, 1.807) is 48.5 Å². The summed E-state index contributed by atoms with van der Waals surface area (Å²) in [4.78, 5) is 17.7. The molecule has 0 aliphatic heterocycles. The third kappa shape index (κ3) is 4.28. The van der Waals surface area contributed by atoms with Crippen LogP contribution in [0.25, 0.3) is 16.6 Å². The molecule has 1 aromatic heterocycles. The first-order chi connectivity index (χ1) is 14.1. The van der Waals surface area contributed by atoms with E-state index in [9.17, 15) is 9.18 Å². The third-order valence-electron chi connectivity index (χ3n) is 4.22. The molecule has 0 radical (unpaired) electrons. The average Bonchev–Trinajstić information content (AvgIpc) is 2.72. The molecule has 0 fully saturated rings. The van der Waals surface area contributed by atoms with Crippen molar-refractivity contribution in [3.05, 3.63) is 94.0 Å². The lowest BCUT2D eigenvalue weighted by molar-refractivity contribution is 0.344. The molecular formula is C22H16ClFN2O2S. The van der Waals surface area contributed by atoms with Gasteiger partial charge < -0.3 is 4.74 Å². The Morgan fingerprint density at radius 2 is 1.83 bits per heavy atom. The molecule has 0 spiro atoms. The Kier molecular flexibility index (Phi) is 5.83. The number of fused-ring (bicyclic) bond motifs is 1. The van der Waals surface area contributed by atoms with E-state index < -0.39 is 5.82 Å². The molecule has 7 heteroatoms. The van der Waals surface area contributed by atoms with E-state index in [1.165, 1.54) is 22.4 Å². The van der Waals surface area contributed by atoms with Gasteiger partial charge in [-0.25, -0.2) is 9.37 Å². The van der Waals surface area contributed by atoms with Gasteiger partial charge in [-0.05, 0) is 42.5 Å². The summed E-state index contributed by atoms with van der Waals surface area (Å²) < 4.78 is 21.5. The van der Waals surface area contributed by atoms with Crippen LogP contribution in [-0.4, -0.2) is 21.9 Å². The smallest absolute Gasteiger partial charge is 0.266 e. The van der Waals surface area contributed by atoms with Gasteiger partial charge in [0.2, 0.25) is 0 Å². The van der Waals surface area contributed by atoms with Crippen LogP contribution in [0, 0.1) is 5.82 Å². The second-order valence-electron chi connectivity index (χ2n) is 6.16. The molecule has 0 N–H and O–H groups in total. The largest absolute Gasteiger partial charge is 0.493 e. The minimum atomic E-state index is -0.483. The number of aromatic nitrogens is 2. The average molecular weight is 427 g/mol. The van der Waals surface area contributed by atoms with E-state index in [4.69, 9.17) is 16.3 Å². The second-order valence-corrected chi connectivity index (χ2v) is 7.66. The number of benzene rings is 3. The van der Waals surface area contributed by atoms with Crippen molar-refractivity contribution in [2.24, 2.45) is 0 Å². The molecule has 0 amide bonds. The van der Waals surface area contributed by atoms with E-state index in [1.807, 2.05) is 18.2 Å². The zero-order valence-electron chi connectivity index (χ0n) is 15.2. The van der Waals surface area contributed by atoms with E-state index in [0.717, 1.165) is 0 Å². The molecular weight excluding hydrogens is 411 g/mol. The Morgan fingerprint density at radius 1 is 1.03 bits per heavy atom. The van der Waals surface area contributed by atoms with E-state index in [2.05, 4.69) is 4.98 Å². The van der Waals surface area contributed by atoms with Crippen LogP contribution in [0.4, 0.5) is 4.39 Å². The molecule has 0 unspecified atom stereocenters. The SMILES string of the molecule is O=c1c2ccccc2nc(SCCOc2cccc(Cl)c2)n1-c1ccccc1F. The standard InChI is InChI=1S/C22H16ClFN2O2S/c23-15-6-5-7-16(14-15)28-12-13-29-22-25-19-10-3-1-8-17(19)21(27)26(22)20-11-4-2-9-18(20)24/h1-11,14H,12-13H2. The zero-order valence-corrected chi connectivity index (χ0v) is 16.8. The predicted molar refractivity (Wildman–Crippen MR) is 115 cm³/mol. The number of thioether (sulfide) groups is 1. The highest BCUT2D eigenvalue weighted by molar-refractivity contribution is 7.99. The molecule has 1 heterocycles.